The van der Waals surface area contributed by atoms with Gasteiger partial charge in [0.25, 0.3) is 0 Å². The predicted octanol–water partition coefficient (Wildman–Crippen LogP) is 0.656. The molecule has 0 atom stereocenters. The Kier molecular flexibility index (Phi) is 2.26. The molecule has 2 N–H and O–H groups in total. The van der Waals surface area contributed by atoms with E-state index >= 15 is 0 Å². The molecule has 0 saturated carbocycles. The van der Waals surface area contributed by atoms with Crippen LogP contribution in [0.25, 0.3) is 0 Å². The first-order valence-electron chi connectivity index (χ1n) is 3.54. The summed E-state index contributed by atoms with van der Waals surface area (Å²) >= 11 is 0. The molecule has 1 aromatic rings. The Morgan fingerprint density at radius 3 is 2.58 bits per heavy atom. The van der Waals surface area contributed by atoms with E-state index in [1.807, 2.05) is 0 Å². The Labute approximate surface area is 70.3 Å². The molecule has 0 saturated heterocycles. The number of rotatable bonds is 2. The molecule has 0 aliphatic carbocycles. The van der Waals surface area contributed by atoms with Gasteiger partial charge in [-0.1, -0.05) is 18.2 Å². The highest BCUT2D eigenvalue weighted by molar-refractivity contribution is 5.75. The van der Waals surface area contributed by atoms with Crippen LogP contribution in [0.3, 0.4) is 0 Å². The van der Waals surface area contributed by atoms with Gasteiger partial charge in [0.1, 0.15) is 6.29 Å². The van der Waals surface area contributed by atoms with Gasteiger partial charge < -0.3 is 10.2 Å². The minimum absolute atomic E-state index is 0.312. The molecule has 3 nitrogen and oxygen atoms in total. The van der Waals surface area contributed by atoms with E-state index in [2.05, 4.69) is 0 Å². The molecule has 1 rings (SSSR count). The lowest BCUT2D eigenvalue weighted by atomic mass is 10.1. The van der Waals surface area contributed by atoms with Crippen molar-refractivity contribution in [1.29, 1.82) is 0 Å². The predicted molar refractivity (Wildman–Crippen MR) is 43.6 cm³/mol. The van der Waals surface area contributed by atoms with Crippen molar-refractivity contribution in [2.24, 2.45) is 0 Å². The van der Waals surface area contributed by atoms with Gasteiger partial charge in [0.15, 0.2) is 5.79 Å². The SMILES string of the molecule is CC(O)(O)c1cccc(C=O)c1. The Morgan fingerprint density at radius 1 is 1.42 bits per heavy atom. The molecule has 0 fully saturated rings. The lowest BCUT2D eigenvalue weighted by Gasteiger charge is -2.15. The number of aldehydes is 1. The standard InChI is InChI=1S/C9H10O3/c1-9(11,12)8-4-2-3-7(5-8)6-10/h2-6,11-12H,1H3. The van der Waals surface area contributed by atoms with Crippen LogP contribution in [0.1, 0.15) is 22.8 Å². The zero-order valence-electron chi connectivity index (χ0n) is 6.69. The minimum Gasteiger partial charge on any atom is -0.362 e. The third-order valence-corrected chi connectivity index (χ3v) is 1.57. The van der Waals surface area contributed by atoms with E-state index in [0.29, 0.717) is 17.4 Å². The van der Waals surface area contributed by atoms with Gasteiger partial charge in [-0.05, 0) is 13.0 Å². The van der Waals surface area contributed by atoms with Gasteiger partial charge in [0.2, 0.25) is 0 Å². The van der Waals surface area contributed by atoms with E-state index in [4.69, 9.17) is 10.2 Å². The van der Waals surface area contributed by atoms with Crippen molar-refractivity contribution >= 4 is 6.29 Å². The summed E-state index contributed by atoms with van der Waals surface area (Å²) in [5.41, 5.74) is 0.744. The van der Waals surface area contributed by atoms with Crippen molar-refractivity contribution in [2.45, 2.75) is 12.7 Å². The zero-order valence-corrected chi connectivity index (χ0v) is 6.69. The highest BCUT2D eigenvalue weighted by Crippen LogP contribution is 2.17. The number of benzene rings is 1. The summed E-state index contributed by atoms with van der Waals surface area (Å²) < 4.78 is 0. The van der Waals surface area contributed by atoms with Crippen LogP contribution in [-0.4, -0.2) is 16.5 Å². The first kappa shape index (κ1) is 8.90. The summed E-state index contributed by atoms with van der Waals surface area (Å²) in [4.78, 5) is 10.3. The maximum Gasteiger partial charge on any atom is 0.186 e. The van der Waals surface area contributed by atoms with E-state index in [1.54, 1.807) is 18.2 Å². The normalized spacial score (nSPS) is 11.2. The fourth-order valence-corrected chi connectivity index (χ4v) is 0.907. The van der Waals surface area contributed by atoms with Crippen molar-refractivity contribution in [3.8, 4) is 0 Å². The molecule has 64 valence electrons. The number of carbonyl (C=O) groups excluding carboxylic acids is 1. The molecule has 0 radical (unpaired) electrons. The Bertz CT molecular complexity index is 286. The van der Waals surface area contributed by atoms with E-state index in [-0.39, 0.29) is 0 Å². The van der Waals surface area contributed by atoms with Crippen LogP contribution in [0.5, 0.6) is 0 Å². The molecule has 0 aliphatic rings. The summed E-state index contributed by atoms with van der Waals surface area (Å²) in [6.45, 7) is 1.25. The van der Waals surface area contributed by atoms with E-state index < -0.39 is 5.79 Å². The quantitative estimate of drug-likeness (QED) is 0.501. The second kappa shape index (κ2) is 3.05. The number of carbonyl (C=O) groups is 1. The molecular weight excluding hydrogens is 156 g/mol. The lowest BCUT2D eigenvalue weighted by molar-refractivity contribution is -0.152. The molecule has 12 heavy (non-hydrogen) atoms. The smallest absolute Gasteiger partial charge is 0.186 e. The summed E-state index contributed by atoms with van der Waals surface area (Å²) in [6.07, 6.45) is 0.662. The first-order valence-corrected chi connectivity index (χ1v) is 3.54. The Balaban J connectivity index is 3.10. The van der Waals surface area contributed by atoms with E-state index in [1.165, 1.54) is 13.0 Å². The monoisotopic (exact) mass is 166 g/mol. The van der Waals surface area contributed by atoms with Gasteiger partial charge >= 0.3 is 0 Å². The maximum atomic E-state index is 10.3. The molecule has 0 amide bonds. The van der Waals surface area contributed by atoms with Crippen LogP contribution in [0.2, 0.25) is 0 Å². The highest BCUT2D eigenvalue weighted by Gasteiger charge is 2.17. The van der Waals surface area contributed by atoms with Crippen LogP contribution in [0.4, 0.5) is 0 Å². The van der Waals surface area contributed by atoms with Crippen molar-refractivity contribution in [3.05, 3.63) is 35.4 Å². The van der Waals surface area contributed by atoms with Crippen LogP contribution < -0.4 is 0 Å². The number of hydrogen-bond donors (Lipinski definition) is 2. The van der Waals surface area contributed by atoms with Gasteiger partial charge in [0, 0.05) is 11.1 Å². The Morgan fingerprint density at radius 2 is 2.08 bits per heavy atom. The molecule has 1 aromatic carbocycles. The second-order valence-corrected chi connectivity index (χ2v) is 2.76. The molecule has 0 aromatic heterocycles. The van der Waals surface area contributed by atoms with Crippen molar-refractivity contribution < 1.29 is 15.0 Å². The number of aliphatic hydroxyl groups is 2. The van der Waals surface area contributed by atoms with Crippen LogP contribution in [0.15, 0.2) is 24.3 Å². The largest absolute Gasteiger partial charge is 0.362 e. The molecule has 0 aliphatic heterocycles. The summed E-state index contributed by atoms with van der Waals surface area (Å²) in [5, 5.41) is 18.3. The summed E-state index contributed by atoms with van der Waals surface area (Å²) in [6, 6.07) is 6.19. The molecular formula is C9H10O3. The summed E-state index contributed by atoms with van der Waals surface area (Å²) in [5.74, 6) is -1.88. The fraction of sp³-hybridized carbons (Fsp3) is 0.222. The van der Waals surface area contributed by atoms with Crippen molar-refractivity contribution in [1.82, 2.24) is 0 Å². The minimum atomic E-state index is -1.88. The molecule has 0 heterocycles. The average molecular weight is 166 g/mol. The molecule has 0 spiro atoms. The third kappa shape index (κ3) is 1.90. The van der Waals surface area contributed by atoms with Gasteiger partial charge in [-0.3, -0.25) is 4.79 Å². The highest BCUT2D eigenvalue weighted by atomic mass is 16.5. The van der Waals surface area contributed by atoms with Gasteiger partial charge in [0.05, 0.1) is 0 Å². The Hall–Kier alpha value is -1.19. The lowest BCUT2D eigenvalue weighted by Crippen LogP contribution is -2.19. The van der Waals surface area contributed by atoms with Crippen LogP contribution >= 0.6 is 0 Å². The zero-order chi connectivity index (χ0) is 9.19. The topological polar surface area (TPSA) is 57.5 Å². The van der Waals surface area contributed by atoms with Gasteiger partial charge in [-0.25, -0.2) is 0 Å². The van der Waals surface area contributed by atoms with Gasteiger partial charge in [-0.2, -0.15) is 0 Å². The van der Waals surface area contributed by atoms with Crippen LogP contribution in [0, 0.1) is 0 Å². The second-order valence-electron chi connectivity index (χ2n) is 2.76. The summed E-state index contributed by atoms with van der Waals surface area (Å²) in [7, 11) is 0. The van der Waals surface area contributed by atoms with Crippen molar-refractivity contribution in [3.63, 3.8) is 0 Å². The molecule has 0 bridgehead atoms. The fourth-order valence-electron chi connectivity index (χ4n) is 0.907. The van der Waals surface area contributed by atoms with Crippen LogP contribution in [-0.2, 0) is 5.79 Å². The van der Waals surface area contributed by atoms with Crippen molar-refractivity contribution in [2.75, 3.05) is 0 Å². The first-order chi connectivity index (χ1) is 5.54. The molecule has 3 heteroatoms. The van der Waals surface area contributed by atoms with E-state index in [9.17, 15) is 4.79 Å². The average Bonchev–Trinajstić information content (AvgIpc) is 2.03. The third-order valence-electron chi connectivity index (χ3n) is 1.57. The van der Waals surface area contributed by atoms with Gasteiger partial charge in [-0.15, -0.1) is 0 Å². The molecule has 0 unspecified atom stereocenters. The van der Waals surface area contributed by atoms with E-state index in [0.717, 1.165) is 0 Å². The maximum absolute atomic E-state index is 10.3. The number of hydrogen-bond acceptors (Lipinski definition) is 3.